The molecule has 1 amide bonds. The van der Waals surface area contributed by atoms with Crippen molar-refractivity contribution in [2.45, 2.75) is 32.1 Å². The van der Waals surface area contributed by atoms with Crippen molar-refractivity contribution in [3.05, 3.63) is 53.6 Å². The second-order valence-corrected chi connectivity index (χ2v) is 6.60. The number of aryl methyl sites for hydroxylation is 1. The predicted molar refractivity (Wildman–Crippen MR) is 91.0 cm³/mol. The first-order chi connectivity index (χ1) is 11.6. The average molecular weight is 329 g/mol. The first-order valence-corrected chi connectivity index (χ1v) is 8.60. The number of halogens is 1. The number of benzene rings is 1. The van der Waals surface area contributed by atoms with E-state index in [4.69, 9.17) is 0 Å². The molecule has 1 fully saturated rings. The predicted octanol–water partition coefficient (Wildman–Crippen LogP) is 3.14. The van der Waals surface area contributed by atoms with Gasteiger partial charge in [-0.05, 0) is 48.4 Å². The van der Waals surface area contributed by atoms with Gasteiger partial charge in [0.05, 0.1) is 6.20 Å². The Morgan fingerprint density at radius 3 is 2.92 bits per heavy atom. The Labute approximate surface area is 142 Å². The Kier molecular flexibility index (Phi) is 4.97. The standard InChI is InChI=1S/C19H24FN3O/c1-3-8-23(9-7-14-5-4-6-16(20)10-14)19(24)18-11-17(18)15-12-21-22(2)13-15/h4-6,10,12-13,17-18H,3,7-9,11H2,1-2H3. The molecule has 0 saturated heterocycles. The van der Waals surface area contributed by atoms with Gasteiger partial charge in [0.2, 0.25) is 5.91 Å². The molecule has 0 aliphatic heterocycles. The number of nitrogens with zero attached hydrogens (tertiary/aromatic N) is 3. The molecule has 2 aromatic rings. The lowest BCUT2D eigenvalue weighted by molar-refractivity contribution is -0.132. The van der Waals surface area contributed by atoms with E-state index >= 15 is 0 Å². The number of amides is 1. The molecule has 1 aromatic carbocycles. The van der Waals surface area contributed by atoms with Gasteiger partial charge in [0, 0.05) is 32.3 Å². The molecular weight excluding hydrogens is 305 g/mol. The first-order valence-electron chi connectivity index (χ1n) is 8.60. The summed E-state index contributed by atoms with van der Waals surface area (Å²) in [5, 5.41) is 4.19. The molecule has 4 nitrogen and oxygen atoms in total. The van der Waals surface area contributed by atoms with E-state index in [-0.39, 0.29) is 17.6 Å². The monoisotopic (exact) mass is 329 g/mol. The summed E-state index contributed by atoms with van der Waals surface area (Å²) in [5.41, 5.74) is 2.08. The van der Waals surface area contributed by atoms with Crippen molar-refractivity contribution in [2.24, 2.45) is 13.0 Å². The van der Waals surface area contributed by atoms with Crippen LogP contribution in [0, 0.1) is 11.7 Å². The fraction of sp³-hybridized carbons (Fsp3) is 0.474. The van der Waals surface area contributed by atoms with Crippen molar-refractivity contribution in [3.63, 3.8) is 0 Å². The molecular formula is C19H24FN3O. The molecule has 1 heterocycles. The average Bonchev–Trinajstić information content (AvgIpc) is 3.25. The summed E-state index contributed by atoms with van der Waals surface area (Å²) in [4.78, 5) is 14.7. The van der Waals surface area contributed by atoms with Crippen LogP contribution in [0.1, 0.15) is 36.8 Å². The fourth-order valence-corrected chi connectivity index (χ4v) is 3.26. The zero-order valence-corrected chi connectivity index (χ0v) is 14.3. The zero-order chi connectivity index (χ0) is 17.1. The third kappa shape index (κ3) is 3.83. The SMILES string of the molecule is CCCN(CCc1cccc(F)c1)C(=O)C1CC1c1cnn(C)c1. The van der Waals surface area contributed by atoms with Crippen LogP contribution >= 0.6 is 0 Å². The zero-order valence-electron chi connectivity index (χ0n) is 14.3. The Morgan fingerprint density at radius 1 is 1.42 bits per heavy atom. The Morgan fingerprint density at radius 2 is 2.25 bits per heavy atom. The molecule has 2 atom stereocenters. The van der Waals surface area contributed by atoms with Crippen molar-refractivity contribution in [1.82, 2.24) is 14.7 Å². The highest BCUT2D eigenvalue weighted by molar-refractivity contribution is 5.83. The van der Waals surface area contributed by atoms with Gasteiger partial charge in [-0.15, -0.1) is 0 Å². The molecule has 24 heavy (non-hydrogen) atoms. The topological polar surface area (TPSA) is 38.1 Å². The van der Waals surface area contributed by atoms with Gasteiger partial charge in [-0.1, -0.05) is 19.1 Å². The third-order valence-corrected chi connectivity index (χ3v) is 4.63. The Balaban J connectivity index is 1.60. The molecule has 0 radical (unpaired) electrons. The smallest absolute Gasteiger partial charge is 0.226 e. The molecule has 1 aliphatic rings. The molecule has 1 saturated carbocycles. The maximum Gasteiger partial charge on any atom is 0.226 e. The van der Waals surface area contributed by atoms with Crippen molar-refractivity contribution in [2.75, 3.05) is 13.1 Å². The highest BCUT2D eigenvalue weighted by atomic mass is 19.1. The normalized spacial score (nSPS) is 19.3. The minimum Gasteiger partial charge on any atom is -0.342 e. The molecule has 3 rings (SSSR count). The van der Waals surface area contributed by atoms with Gasteiger partial charge in [0.25, 0.3) is 0 Å². The van der Waals surface area contributed by atoms with Crippen LogP contribution in [0.4, 0.5) is 4.39 Å². The van der Waals surface area contributed by atoms with Gasteiger partial charge in [0.15, 0.2) is 0 Å². The van der Waals surface area contributed by atoms with Gasteiger partial charge in [-0.25, -0.2) is 4.39 Å². The van der Waals surface area contributed by atoms with E-state index in [2.05, 4.69) is 12.0 Å². The van der Waals surface area contributed by atoms with Crippen LogP contribution in [0.2, 0.25) is 0 Å². The molecule has 1 aromatic heterocycles. The molecule has 5 heteroatoms. The number of carbonyl (C=O) groups is 1. The van der Waals surface area contributed by atoms with E-state index in [1.807, 2.05) is 30.4 Å². The van der Waals surface area contributed by atoms with Gasteiger partial charge in [-0.3, -0.25) is 9.48 Å². The van der Waals surface area contributed by atoms with Crippen LogP contribution in [0.3, 0.4) is 0 Å². The highest BCUT2D eigenvalue weighted by Crippen LogP contribution is 2.48. The Bertz CT molecular complexity index is 712. The van der Waals surface area contributed by atoms with E-state index in [1.165, 1.54) is 6.07 Å². The number of hydrogen-bond acceptors (Lipinski definition) is 2. The second-order valence-electron chi connectivity index (χ2n) is 6.60. The van der Waals surface area contributed by atoms with Crippen LogP contribution in [0.5, 0.6) is 0 Å². The molecule has 2 unspecified atom stereocenters. The van der Waals surface area contributed by atoms with Gasteiger partial charge in [-0.2, -0.15) is 5.10 Å². The quantitative estimate of drug-likeness (QED) is 0.783. The van der Waals surface area contributed by atoms with Crippen LogP contribution in [-0.4, -0.2) is 33.7 Å². The second kappa shape index (κ2) is 7.16. The molecule has 0 bridgehead atoms. The highest BCUT2D eigenvalue weighted by Gasteiger charge is 2.46. The lowest BCUT2D eigenvalue weighted by atomic mass is 10.1. The van der Waals surface area contributed by atoms with Crippen LogP contribution in [0.25, 0.3) is 0 Å². The number of carbonyl (C=O) groups excluding carboxylic acids is 1. The summed E-state index contributed by atoms with van der Waals surface area (Å²) in [5.74, 6) is 0.384. The maximum absolute atomic E-state index is 13.3. The summed E-state index contributed by atoms with van der Waals surface area (Å²) < 4.78 is 15.1. The number of aromatic nitrogens is 2. The first kappa shape index (κ1) is 16.7. The van der Waals surface area contributed by atoms with E-state index in [0.29, 0.717) is 18.9 Å². The molecule has 128 valence electrons. The van der Waals surface area contributed by atoms with E-state index in [0.717, 1.165) is 30.5 Å². The minimum atomic E-state index is -0.222. The van der Waals surface area contributed by atoms with Crippen molar-refractivity contribution in [3.8, 4) is 0 Å². The van der Waals surface area contributed by atoms with Gasteiger partial charge < -0.3 is 4.90 Å². The minimum absolute atomic E-state index is 0.0771. The number of hydrogen-bond donors (Lipinski definition) is 0. The molecule has 0 spiro atoms. The largest absolute Gasteiger partial charge is 0.342 e. The maximum atomic E-state index is 13.3. The van der Waals surface area contributed by atoms with Crippen LogP contribution in [0.15, 0.2) is 36.7 Å². The summed E-state index contributed by atoms with van der Waals surface area (Å²) in [6.45, 7) is 3.48. The van der Waals surface area contributed by atoms with Crippen LogP contribution < -0.4 is 0 Å². The lowest BCUT2D eigenvalue weighted by Crippen LogP contribution is -2.35. The van der Waals surface area contributed by atoms with Crippen LogP contribution in [-0.2, 0) is 18.3 Å². The summed E-state index contributed by atoms with van der Waals surface area (Å²) in [7, 11) is 1.89. The lowest BCUT2D eigenvalue weighted by Gasteiger charge is -2.22. The van der Waals surface area contributed by atoms with Gasteiger partial charge in [0.1, 0.15) is 5.82 Å². The van der Waals surface area contributed by atoms with E-state index < -0.39 is 0 Å². The van der Waals surface area contributed by atoms with E-state index in [9.17, 15) is 9.18 Å². The summed E-state index contributed by atoms with van der Waals surface area (Å²) in [6, 6.07) is 6.62. The number of rotatable bonds is 7. The fourth-order valence-electron chi connectivity index (χ4n) is 3.26. The summed E-state index contributed by atoms with van der Waals surface area (Å²) in [6.07, 6.45) is 6.38. The van der Waals surface area contributed by atoms with Gasteiger partial charge >= 0.3 is 0 Å². The van der Waals surface area contributed by atoms with Crippen molar-refractivity contribution in [1.29, 1.82) is 0 Å². The Hall–Kier alpha value is -2.17. The van der Waals surface area contributed by atoms with Crippen molar-refractivity contribution >= 4 is 5.91 Å². The van der Waals surface area contributed by atoms with E-state index in [1.54, 1.807) is 16.8 Å². The summed E-state index contributed by atoms with van der Waals surface area (Å²) >= 11 is 0. The molecule has 1 aliphatic carbocycles. The van der Waals surface area contributed by atoms with Crippen molar-refractivity contribution < 1.29 is 9.18 Å². The third-order valence-electron chi connectivity index (χ3n) is 4.63. The molecule has 0 N–H and O–H groups in total.